The van der Waals surface area contributed by atoms with Crippen molar-refractivity contribution < 1.29 is 0 Å². The van der Waals surface area contributed by atoms with Crippen molar-refractivity contribution in [2.45, 2.75) is 44.7 Å². The fourth-order valence-electron chi connectivity index (χ4n) is 3.20. The van der Waals surface area contributed by atoms with Crippen molar-refractivity contribution in [2.75, 3.05) is 31.1 Å². The number of nitrogens with zero attached hydrogens (tertiary/aromatic N) is 2. The highest BCUT2D eigenvalue weighted by Crippen LogP contribution is 2.31. The Balaban J connectivity index is 1.54. The fraction of sp³-hybridized carbons (Fsp3) is 0.647. The first-order chi connectivity index (χ1) is 9.86. The molecule has 1 aromatic rings. The average molecular weight is 273 g/mol. The summed E-state index contributed by atoms with van der Waals surface area (Å²) in [4.78, 5) is 5.22. The summed E-state index contributed by atoms with van der Waals surface area (Å²) in [6.07, 6.45) is 6.81. The zero-order valence-corrected chi connectivity index (χ0v) is 12.4. The topological polar surface area (TPSA) is 32.5 Å². The van der Waals surface area contributed by atoms with Crippen molar-refractivity contribution in [3.8, 4) is 0 Å². The smallest absolute Gasteiger partial charge is 0.0368 e. The van der Waals surface area contributed by atoms with Crippen molar-refractivity contribution in [1.82, 2.24) is 4.90 Å². The lowest BCUT2D eigenvalue weighted by molar-refractivity contribution is 0.334. The van der Waals surface area contributed by atoms with Gasteiger partial charge in [-0.15, -0.1) is 0 Å². The molecule has 1 aromatic carbocycles. The molecule has 0 radical (unpaired) electrons. The molecular formula is C17H27N3. The second-order valence-electron chi connectivity index (χ2n) is 6.20. The predicted molar refractivity (Wildman–Crippen MR) is 85.0 cm³/mol. The molecule has 2 N–H and O–H groups in total. The number of hydrogen-bond acceptors (Lipinski definition) is 3. The third kappa shape index (κ3) is 3.53. The van der Waals surface area contributed by atoms with Crippen LogP contribution in [0.4, 0.5) is 5.69 Å². The van der Waals surface area contributed by atoms with E-state index in [1.165, 1.54) is 69.5 Å². The van der Waals surface area contributed by atoms with Crippen LogP contribution in [0.25, 0.3) is 0 Å². The van der Waals surface area contributed by atoms with Gasteiger partial charge >= 0.3 is 0 Å². The Hall–Kier alpha value is -1.06. The van der Waals surface area contributed by atoms with Crippen molar-refractivity contribution in [1.29, 1.82) is 0 Å². The van der Waals surface area contributed by atoms with Gasteiger partial charge in [0.05, 0.1) is 0 Å². The van der Waals surface area contributed by atoms with Gasteiger partial charge in [-0.2, -0.15) is 0 Å². The fourth-order valence-corrected chi connectivity index (χ4v) is 3.20. The molecule has 0 amide bonds. The molecule has 1 aliphatic carbocycles. The molecule has 0 unspecified atom stereocenters. The number of likely N-dealkylation sites (tertiary alicyclic amines) is 1. The highest BCUT2D eigenvalue weighted by molar-refractivity contribution is 5.49. The number of hydrogen-bond donors (Lipinski definition) is 1. The SMILES string of the molecule is NCc1ccc(N(CCCN2CCCC2)C2CC2)cc1. The van der Waals surface area contributed by atoms with Gasteiger partial charge < -0.3 is 15.5 Å². The predicted octanol–water partition coefficient (Wildman–Crippen LogP) is 2.60. The minimum atomic E-state index is 0.638. The summed E-state index contributed by atoms with van der Waals surface area (Å²) < 4.78 is 0. The van der Waals surface area contributed by atoms with Crippen LogP contribution in [0.5, 0.6) is 0 Å². The van der Waals surface area contributed by atoms with E-state index in [0.29, 0.717) is 6.54 Å². The molecule has 3 rings (SSSR count). The normalized spacial score (nSPS) is 19.4. The van der Waals surface area contributed by atoms with Crippen LogP contribution in [-0.4, -0.2) is 37.1 Å². The van der Waals surface area contributed by atoms with Gasteiger partial charge in [-0.05, 0) is 69.4 Å². The summed E-state index contributed by atoms with van der Waals surface area (Å²) >= 11 is 0. The molecule has 3 nitrogen and oxygen atoms in total. The van der Waals surface area contributed by atoms with Crippen LogP contribution in [-0.2, 0) is 6.54 Å². The van der Waals surface area contributed by atoms with Gasteiger partial charge in [-0.3, -0.25) is 0 Å². The highest BCUT2D eigenvalue weighted by atomic mass is 15.2. The van der Waals surface area contributed by atoms with Gasteiger partial charge in [-0.1, -0.05) is 12.1 Å². The molecular weight excluding hydrogens is 246 g/mol. The minimum absolute atomic E-state index is 0.638. The van der Waals surface area contributed by atoms with Gasteiger partial charge in [0.15, 0.2) is 0 Å². The summed E-state index contributed by atoms with van der Waals surface area (Å²) in [5, 5.41) is 0. The van der Waals surface area contributed by atoms with Crippen LogP contribution in [0.1, 0.15) is 37.7 Å². The molecule has 20 heavy (non-hydrogen) atoms. The van der Waals surface area contributed by atoms with Crippen molar-refractivity contribution in [2.24, 2.45) is 5.73 Å². The highest BCUT2D eigenvalue weighted by Gasteiger charge is 2.29. The van der Waals surface area contributed by atoms with Crippen molar-refractivity contribution >= 4 is 5.69 Å². The largest absolute Gasteiger partial charge is 0.368 e. The Kier molecular flexibility index (Phi) is 4.58. The Labute approximate surface area is 122 Å². The lowest BCUT2D eigenvalue weighted by Crippen LogP contribution is -2.30. The summed E-state index contributed by atoms with van der Waals surface area (Å²) in [7, 11) is 0. The van der Waals surface area contributed by atoms with Gasteiger partial charge in [0.25, 0.3) is 0 Å². The summed E-state index contributed by atoms with van der Waals surface area (Å²) in [5.41, 5.74) is 8.28. The molecule has 2 fully saturated rings. The minimum Gasteiger partial charge on any atom is -0.368 e. The monoisotopic (exact) mass is 273 g/mol. The maximum atomic E-state index is 5.68. The molecule has 1 heterocycles. The second-order valence-corrected chi connectivity index (χ2v) is 6.20. The van der Waals surface area contributed by atoms with E-state index in [9.17, 15) is 0 Å². The van der Waals surface area contributed by atoms with Crippen LogP contribution < -0.4 is 10.6 Å². The quantitative estimate of drug-likeness (QED) is 0.829. The van der Waals surface area contributed by atoms with E-state index in [1.807, 2.05) is 0 Å². The average Bonchev–Trinajstić information content (AvgIpc) is 3.20. The van der Waals surface area contributed by atoms with Gasteiger partial charge in [0.1, 0.15) is 0 Å². The zero-order valence-electron chi connectivity index (χ0n) is 12.4. The third-order valence-electron chi connectivity index (χ3n) is 4.56. The van der Waals surface area contributed by atoms with Gasteiger partial charge in [-0.25, -0.2) is 0 Å². The van der Waals surface area contributed by atoms with Crippen LogP contribution in [0, 0.1) is 0 Å². The molecule has 110 valence electrons. The second kappa shape index (κ2) is 6.59. The molecule has 1 saturated carbocycles. The number of benzene rings is 1. The molecule has 3 heteroatoms. The lowest BCUT2D eigenvalue weighted by Gasteiger charge is -2.26. The molecule has 0 atom stereocenters. The first kappa shape index (κ1) is 13.9. The standard InChI is InChI=1S/C17H27N3/c18-14-15-4-6-16(7-5-15)20(17-8-9-17)13-3-12-19-10-1-2-11-19/h4-7,17H,1-3,8-14,18H2. The summed E-state index contributed by atoms with van der Waals surface area (Å²) in [5.74, 6) is 0. The molecule has 1 aliphatic heterocycles. The van der Waals surface area contributed by atoms with E-state index >= 15 is 0 Å². The lowest BCUT2D eigenvalue weighted by atomic mass is 10.2. The maximum Gasteiger partial charge on any atom is 0.0368 e. The van der Waals surface area contributed by atoms with E-state index in [-0.39, 0.29) is 0 Å². The molecule has 2 aliphatic rings. The van der Waals surface area contributed by atoms with Crippen molar-refractivity contribution in [3.63, 3.8) is 0 Å². The Morgan fingerprint density at radius 2 is 1.80 bits per heavy atom. The van der Waals surface area contributed by atoms with Gasteiger partial charge in [0.2, 0.25) is 0 Å². The van der Waals surface area contributed by atoms with Crippen LogP contribution >= 0.6 is 0 Å². The molecule has 0 bridgehead atoms. The third-order valence-corrected chi connectivity index (χ3v) is 4.56. The number of nitrogens with two attached hydrogens (primary N) is 1. The van der Waals surface area contributed by atoms with Crippen molar-refractivity contribution in [3.05, 3.63) is 29.8 Å². The maximum absolute atomic E-state index is 5.68. The summed E-state index contributed by atoms with van der Waals surface area (Å²) in [6.45, 7) is 5.73. The molecule has 0 spiro atoms. The Morgan fingerprint density at radius 1 is 1.10 bits per heavy atom. The summed E-state index contributed by atoms with van der Waals surface area (Å²) in [6, 6.07) is 9.63. The van der Waals surface area contributed by atoms with E-state index in [0.717, 1.165) is 6.04 Å². The Morgan fingerprint density at radius 3 is 2.40 bits per heavy atom. The first-order valence-electron chi connectivity index (χ1n) is 8.15. The molecule has 0 aromatic heterocycles. The molecule has 1 saturated heterocycles. The number of rotatable bonds is 7. The Bertz CT molecular complexity index is 405. The number of anilines is 1. The van der Waals surface area contributed by atoms with E-state index in [2.05, 4.69) is 34.1 Å². The van der Waals surface area contributed by atoms with Crippen LogP contribution in [0.3, 0.4) is 0 Å². The van der Waals surface area contributed by atoms with E-state index in [4.69, 9.17) is 5.73 Å². The van der Waals surface area contributed by atoms with Gasteiger partial charge in [0, 0.05) is 24.8 Å². The van der Waals surface area contributed by atoms with E-state index in [1.54, 1.807) is 0 Å². The van der Waals surface area contributed by atoms with E-state index < -0.39 is 0 Å². The zero-order chi connectivity index (χ0) is 13.8. The van der Waals surface area contributed by atoms with Crippen LogP contribution in [0.2, 0.25) is 0 Å². The van der Waals surface area contributed by atoms with Crippen LogP contribution in [0.15, 0.2) is 24.3 Å². The first-order valence-corrected chi connectivity index (χ1v) is 8.15.